The molecule has 0 bridgehead atoms. The van der Waals surface area contributed by atoms with Crippen LogP contribution in [0.25, 0.3) is 6.08 Å². The second-order valence-electron chi connectivity index (χ2n) is 5.57. The SMILES string of the molecule is CCCOc1cccc(C=CC(=S)c2ccc(CCC)cc2)c1. The minimum atomic E-state index is 0.746. The van der Waals surface area contributed by atoms with E-state index in [4.69, 9.17) is 17.0 Å². The molecule has 2 aromatic carbocycles. The summed E-state index contributed by atoms with van der Waals surface area (Å²) in [4.78, 5) is 0.855. The quantitative estimate of drug-likeness (QED) is 0.342. The largest absolute Gasteiger partial charge is 0.494 e. The van der Waals surface area contributed by atoms with E-state index in [2.05, 4.69) is 44.2 Å². The molecule has 0 saturated carbocycles. The molecule has 23 heavy (non-hydrogen) atoms. The lowest BCUT2D eigenvalue weighted by Crippen LogP contribution is -1.95. The Kier molecular flexibility index (Phi) is 7.02. The van der Waals surface area contributed by atoms with Crippen LogP contribution in [0.4, 0.5) is 0 Å². The van der Waals surface area contributed by atoms with Gasteiger partial charge in [-0.3, -0.25) is 0 Å². The molecule has 0 N–H and O–H groups in total. The van der Waals surface area contributed by atoms with E-state index in [0.29, 0.717) is 0 Å². The number of allylic oxidation sites excluding steroid dienone is 1. The highest BCUT2D eigenvalue weighted by Gasteiger charge is 1.99. The lowest BCUT2D eigenvalue weighted by molar-refractivity contribution is 0.317. The molecule has 0 fully saturated rings. The molecular formula is C21H24OS. The normalized spacial score (nSPS) is 10.9. The Balaban J connectivity index is 2.02. The van der Waals surface area contributed by atoms with E-state index >= 15 is 0 Å². The standard InChI is InChI=1S/C21H24OS/c1-3-6-17-9-12-19(13-10-17)21(23)14-11-18-7-5-8-20(16-18)22-15-4-2/h5,7-14,16H,3-4,6,15H2,1-2H3. The predicted octanol–water partition coefficient (Wildman–Crippen LogP) is 5.86. The van der Waals surface area contributed by atoms with Crippen molar-refractivity contribution in [3.63, 3.8) is 0 Å². The van der Waals surface area contributed by atoms with Crippen molar-refractivity contribution < 1.29 is 4.74 Å². The Hall–Kier alpha value is -1.93. The van der Waals surface area contributed by atoms with E-state index in [0.717, 1.165) is 41.2 Å². The van der Waals surface area contributed by atoms with Crippen LogP contribution in [0.1, 0.15) is 43.4 Å². The van der Waals surface area contributed by atoms with Gasteiger partial charge in [0.2, 0.25) is 0 Å². The van der Waals surface area contributed by atoms with Crippen molar-refractivity contribution in [3.8, 4) is 5.75 Å². The second kappa shape index (κ2) is 9.26. The van der Waals surface area contributed by atoms with Gasteiger partial charge in [0.1, 0.15) is 5.75 Å². The summed E-state index contributed by atoms with van der Waals surface area (Å²) in [5.41, 5.74) is 3.56. The molecule has 0 spiro atoms. The lowest BCUT2D eigenvalue weighted by Gasteiger charge is -2.05. The highest BCUT2D eigenvalue weighted by molar-refractivity contribution is 7.81. The summed E-state index contributed by atoms with van der Waals surface area (Å²) < 4.78 is 5.66. The molecule has 0 unspecified atom stereocenters. The zero-order valence-electron chi connectivity index (χ0n) is 13.9. The molecule has 120 valence electrons. The Morgan fingerprint density at radius 3 is 2.52 bits per heavy atom. The van der Waals surface area contributed by atoms with Gasteiger partial charge in [0.25, 0.3) is 0 Å². The summed E-state index contributed by atoms with van der Waals surface area (Å²) in [6, 6.07) is 16.6. The maximum absolute atomic E-state index is 5.66. The molecule has 0 atom stereocenters. The molecule has 0 amide bonds. The third kappa shape index (κ3) is 5.65. The first-order chi connectivity index (χ1) is 11.2. The van der Waals surface area contributed by atoms with Crippen molar-refractivity contribution in [2.24, 2.45) is 0 Å². The Morgan fingerprint density at radius 1 is 1.04 bits per heavy atom. The fourth-order valence-corrected chi connectivity index (χ4v) is 2.52. The van der Waals surface area contributed by atoms with Crippen LogP contribution < -0.4 is 4.74 Å². The van der Waals surface area contributed by atoms with Crippen LogP contribution in [-0.2, 0) is 6.42 Å². The van der Waals surface area contributed by atoms with Gasteiger partial charge < -0.3 is 4.74 Å². The van der Waals surface area contributed by atoms with Crippen LogP contribution >= 0.6 is 12.2 Å². The summed E-state index contributed by atoms with van der Waals surface area (Å²) >= 11 is 5.51. The topological polar surface area (TPSA) is 9.23 Å². The molecular weight excluding hydrogens is 300 g/mol. The van der Waals surface area contributed by atoms with Crippen LogP contribution in [0.5, 0.6) is 5.75 Å². The predicted molar refractivity (Wildman–Crippen MR) is 103 cm³/mol. The summed E-state index contributed by atoms with van der Waals surface area (Å²) in [6.07, 6.45) is 7.33. The number of benzene rings is 2. The van der Waals surface area contributed by atoms with Gasteiger partial charge >= 0.3 is 0 Å². The van der Waals surface area contributed by atoms with Gasteiger partial charge in [0, 0.05) is 4.86 Å². The molecule has 1 nitrogen and oxygen atoms in total. The van der Waals surface area contributed by atoms with Crippen LogP contribution in [-0.4, -0.2) is 11.5 Å². The van der Waals surface area contributed by atoms with Crippen LogP contribution in [0.15, 0.2) is 54.6 Å². The molecule has 0 aliphatic heterocycles. The number of ether oxygens (including phenoxy) is 1. The number of aryl methyl sites for hydroxylation is 1. The zero-order chi connectivity index (χ0) is 16.5. The number of hydrogen-bond acceptors (Lipinski definition) is 2. The first-order valence-corrected chi connectivity index (χ1v) is 8.68. The van der Waals surface area contributed by atoms with Crippen LogP contribution in [0, 0.1) is 0 Å². The van der Waals surface area contributed by atoms with Crippen molar-refractivity contribution in [2.75, 3.05) is 6.61 Å². The third-order valence-electron chi connectivity index (χ3n) is 3.54. The number of rotatable bonds is 8. The molecule has 0 saturated heterocycles. The second-order valence-corrected chi connectivity index (χ2v) is 6.01. The van der Waals surface area contributed by atoms with E-state index in [1.165, 1.54) is 12.0 Å². The smallest absolute Gasteiger partial charge is 0.119 e. The molecule has 2 rings (SSSR count). The molecule has 0 aliphatic carbocycles. The first-order valence-electron chi connectivity index (χ1n) is 8.27. The fourth-order valence-electron chi connectivity index (χ4n) is 2.32. The zero-order valence-corrected chi connectivity index (χ0v) is 14.7. The first kappa shape index (κ1) is 17.4. The summed E-state index contributed by atoms with van der Waals surface area (Å²) in [7, 11) is 0. The Bertz CT molecular complexity index is 656. The Morgan fingerprint density at radius 2 is 1.83 bits per heavy atom. The minimum Gasteiger partial charge on any atom is -0.494 e. The van der Waals surface area contributed by atoms with E-state index in [-0.39, 0.29) is 0 Å². The summed E-state index contributed by atoms with van der Waals surface area (Å²) in [5, 5.41) is 0. The van der Waals surface area contributed by atoms with Crippen molar-refractivity contribution in [1.82, 2.24) is 0 Å². The minimum absolute atomic E-state index is 0.746. The average molecular weight is 324 g/mol. The van der Waals surface area contributed by atoms with Crippen LogP contribution in [0.2, 0.25) is 0 Å². The lowest BCUT2D eigenvalue weighted by atomic mass is 10.1. The van der Waals surface area contributed by atoms with Crippen molar-refractivity contribution >= 4 is 23.2 Å². The highest BCUT2D eigenvalue weighted by Crippen LogP contribution is 2.16. The molecule has 0 radical (unpaired) electrons. The van der Waals surface area contributed by atoms with Gasteiger partial charge in [0.15, 0.2) is 0 Å². The molecule has 0 heterocycles. The van der Waals surface area contributed by atoms with Gasteiger partial charge in [-0.1, -0.05) is 75.0 Å². The van der Waals surface area contributed by atoms with Gasteiger partial charge in [-0.2, -0.15) is 0 Å². The van der Waals surface area contributed by atoms with E-state index in [9.17, 15) is 0 Å². The van der Waals surface area contributed by atoms with Crippen LogP contribution in [0.3, 0.4) is 0 Å². The van der Waals surface area contributed by atoms with Crippen molar-refractivity contribution in [2.45, 2.75) is 33.1 Å². The maximum Gasteiger partial charge on any atom is 0.119 e. The maximum atomic E-state index is 5.66. The van der Waals surface area contributed by atoms with E-state index in [1.54, 1.807) is 0 Å². The summed E-state index contributed by atoms with van der Waals surface area (Å²) in [6.45, 7) is 5.04. The molecule has 0 aliphatic rings. The van der Waals surface area contributed by atoms with Gasteiger partial charge in [-0.25, -0.2) is 0 Å². The average Bonchev–Trinajstić information content (AvgIpc) is 2.59. The van der Waals surface area contributed by atoms with Crippen molar-refractivity contribution in [1.29, 1.82) is 0 Å². The molecule has 2 heteroatoms. The molecule has 0 aromatic heterocycles. The van der Waals surface area contributed by atoms with Gasteiger partial charge in [-0.15, -0.1) is 0 Å². The van der Waals surface area contributed by atoms with E-state index in [1.807, 2.05) is 30.4 Å². The Labute approximate surface area is 145 Å². The highest BCUT2D eigenvalue weighted by atomic mass is 32.1. The van der Waals surface area contributed by atoms with E-state index < -0.39 is 0 Å². The van der Waals surface area contributed by atoms with Gasteiger partial charge in [-0.05, 0) is 47.7 Å². The molecule has 2 aromatic rings. The van der Waals surface area contributed by atoms with Crippen molar-refractivity contribution in [3.05, 3.63) is 71.3 Å². The third-order valence-corrected chi connectivity index (χ3v) is 3.91. The monoisotopic (exact) mass is 324 g/mol. The fraction of sp³-hybridized carbons (Fsp3) is 0.286. The number of thiocarbonyl (C=S) groups is 1. The van der Waals surface area contributed by atoms with Gasteiger partial charge in [0.05, 0.1) is 6.61 Å². The summed E-state index contributed by atoms with van der Waals surface area (Å²) in [5.74, 6) is 0.906. The number of hydrogen-bond donors (Lipinski definition) is 0.